The van der Waals surface area contributed by atoms with Gasteiger partial charge in [-0.2, -0.15) is 0 Å². The van der Waals surface area contributed by atoms with Crippen LogP contribution in [-0.4, -0.2) is 9.97 Å². The zero-order valence-corrected chi connectivity index (χ0v) is 10.4. The topological polar surface area (TPSA) is 63.8 Å². The van der Waals surface area contributed by atoms with Crippen LogP contribution in [0.25, 0.3) is 0 Å². The van der Waals surface area contributed by atoms with E-state index in [1.807, 2.05) is 13.0 Å². The third-order valence-electron chi connectivity index (χ3n) is 2.95. The third kappa shape index (κ3) is 2.10. The maximum Gasteiger partial charge on any atom is 0.188 e. The summed E-state index contributed by atoms with van der Waals surface area (Å²) in [5.41, 5.74) is 8.88. The van der Waals surface area contributed by atoms with Gasteiger partial charge in [0, 0.05) is 17.5 Å². The molecule has 0 unspecified atom stereocenters. The Balaban J connectivity index is 1.83. The van der Waals surface area contributed by atoms with Crippen LogP contribution >= 0.6 is 11.3 Å². The molecule has 5 heteroatoms. The fourth-order valence-corrected chi connectivity index (χ4v) is 2.47. The van der Waals surface area contributed by atoms with Crippen LogP contribution in [0.2, 0.25) is 0 Å². The Bertz CT molecular complexity index is 545. The summed E-state index contributed by atoms with van der Waals surface area (Å²) in [4.78, 5) is 8.78. The van der Waals surface area contributed by atoms with Crippen LogP contribution in [-0.2, 0) is 0 Å². The molecule has 1 saturated carbocycles. The normalized spacial score (nSPS) is 14.9. The smallest absolute Gasteiger partial charge is 0.188 e. The Morgan fingerprint density at radius 3 is 3.06 bits per heavy atom. The number of rotatable bonds is 3. The van der Waals surface area contributed by atoms with Gasteiger partial charge in [0.2, 0.25) is 0 Å². The molecule has 0 aliphatic heterocycles. The van der Waals surface area contributed by atoms with Gasteiger partial charge in [-0.3, -0.25) is 0 Å². The summed E-state index contributed by atoms with van der Waals surface area (Å²) in [6.45, 7) is 1.97. The number of hydrogen-bond acceptors (Lipinski definition) is 5. The van der Waals surface area contributed by atoms with Crippen LogP contribution in [0.3, 0.4) is 0 Å². The monoisotopic (exact) mass is 246 g/mol. The molecule has 0 aromatic carbocycles. The van der Waals surface area contributed by atoms with Crippen molar-refractivity contribution < 1.29 is 0 Å². The third-order valence-corrected chi connectivity index (χ3v) is 3.73. The van der Waals surface area contributed by atoms with Crippen molar-refractivity contribution in [2.24, 2.45) is 0 Å². The Labute approximate surface area is 104 Å². The summed E-state index contributed by atoms with van der Waals surface area (Å²) in [6, 6.07) is 1.90. The fraction of sp³-hybridized carbons (Fsp3) is 0.333. The first-order chi connectivity index (χ1) is 8.24. The molecule has 1 fully saturated rings. The van der Waals surface area contributed by atoms with E-state index in [0.717, 1.165) is 10.7 Å². The average molecular weight is 246 g/mol. The molecule has 17 heavy (non-hydrogen) atoms. The molecule has 1 aliphatic rings. The van der Waals surface area contributed by atoms with Gasteiger partial charge >= 0.3 is 0 Å². The molecule has 1 aliphatic carbocycles. The number of nitrogens with two attached hydrogens (primary N) is 1. The molecule has 0 spiro atoms. The van der Waals surface area contributed by atoms with Gasteiger partial charge in [0.05, 0.1) is 11.4 Å². The lowest BCUT2D eigenvalue weighted by Crippen LogP contribution is -2.00. The van der Waals surface area contributed by atoms with Crippen LogP contribution < -0.4 is 11.1 Å². The molecule has 4 nitrogen and oxygen atoms in total. The van der Waals surface area contributed by atoms with E-state index in [1.165, 1.54) is 18.5 Å². The van der Waals surface area contributed by atoms with Crippen molar-refractivity contribution in [1.29, 1.82) is 0 Å². The zero-order valence-electron chi connectivity index (χ0n) is 9.60. The van der Waals surface area contributed by atoms with Gasteiger partial charge in [0.15, 0.2) is 10.9 Å². The van der Waals surface area contributed by atoms with Crippen molar-refractivity contribution >= 4 is 28.0 Å². The molecule has 0 radical (unpaired) electrons. The summed E-state index contributed by atoms with van der Waals surface area (Å²) in [6.07, 6.45) is 4.30. The lowest BCUT2D eigenvalue weighted by Gasteiger charge is -2.06. The van der Waals surface area contributed by atoms with E-state index >= 15 is 0 Å². The van der Waals surface area contributed by atoms with Gasteiger partial charge in [-0.15, -0.1) is 11.3 Å². The number of nitrogen functional groups attached to an aromatic ring is 1. The Kier molecular flexibility index (Phi) is 2.48. The van der Waals surface area contributed by atoms with Crippen molar-refractivity contribution in [2.75, 3.05) is 11.1 Å². The molecule has 2 heterocycles. The number of thiazole rings is 1. The Morgan fingerprint density at radius 1 is 1.47 bits per heavy atom. The fourth-order valence-electron chi connectivity index (χ4n) is 1.68. The number of pyridine rings is 1. The van der Waals surface area contributed by atoms with Crippen molar-refractivity contribution in [1.82, 2.24) is 9.97 Å². The van der Waals surface area contributed by atoms with Gasteiger partial charge in [-0.1, -0.05) is 0 Å². The second kappa shape index (κ2) is 4.00. The van der Waals surface area contributed by atoms with Gasteiger partial charge in [-0.25, -0.2) is 9.97 Å². The van der Waals surface area contributed by atoms with Gasteiger partial charge in [0.25, 0.3) is 0 Å². The summed E-state index contributed by atoms with van der Waals surface area (Å²) < 4.78 is 0. The second-order valence-electron chi connectivity index (χ2n) is 4.37. The lowest BCUT2D eigenvalue weighted by atomic mass is 10.2. The average Bonchev–Trinajstić information content (AvgIpc) is 3.06. The SMILES string of the molecule is Cc1ccnc(Nc2nc(C3CC3)cs2)c1N. The maximum atomic E-state index is 5.96. The summed E-state index contributed by atoms with van der Waals surface area (Å²) in [5.74, 6) is 1.38. The van der Waals surface area contributed by atoms with E-state index in [4.69, 9.17) is 5.73 Å². The highest BCUT2D eigenvalue weighted by Crippen LogP contribution is 2.41. The predicted molar refractivity (Wildman–Crippen MR) is 70.8 cm³/mol. The van der Waals surface area contributed by atoms with Crippen LogP contribution in [0.4, 0.5) is 16.6 Å². The molecule has 3 rings (SSSR count). The quantitative estimate of drug-likeness (QED) is 0.873. The molecular weight excluding hydrogens is 232 g/mol. The van der Waals surface area contributed by atoms with Crippen molar-refractivity contribution in [3.63, 3.8) is 0 Å². The Hall–Kier alpha value is -1.62. The van der Waals surface area contributed by atoms with Gasteiger partial charge < -0.3 is 11.1 Å². The molecule has 0 saturated heterocycles. The minimum absolute atomic E-state index is 0.685. The number of nitrogens with one attached hydrogen (secondary N) is 1. The molecule has 2 aromatic heterocycles. The summed E-state index contributed by atoms with van der Waals surface area (Å²) >= 11 is 1.61. The molecule has 0 bridgehead atoms. The highest BCUT2D eigenvalue weighted by Gasteiger charge is 2.26. The minimum atomic E-state index is 0.685. The molecule has 3 N–H and O–H groups in total. The minimum Gasteiger partial charge on any atom is -0.396 e. The molecule has 2 aromatic rings. The van der Waals surface area contributed by atoms with Crippen LogP contribution in [0, 0.1) is 6.92 Å². The van der Waals surface area contributed by atoms with E-state index in [0.29, 0.717) is 17.4 Å². The van der Waals surface area contributed by atoms with E-state index in [9.17, 15) is 0 Å². The largest absolute Gasteiger partial charge is 0.396 e. The standard InChI is InChI=1S/C12H14N4S/c1-7-4-5-14-11(10(7)13)16-12-15-9(6-17-12)8-2-3-8/h4-6,8H,2-3,13H2,1H3,(H,14,15,16). The molecule has 0 atom stereocenters. The van der Waals surface area contributed by atoms with Crippen molar-refractivity contribution in [3.8, 4) is 0 Å². The first kappa shape index (κ1) is 10.5. The van der Waals surface area contributed by atoms with E-state index in [1.54, 1.807) is 17.5 Å². The number of hydrogen-bond donors (Lipinski definition) is 2. The van der Waals surface area contributed by atoms with Gasteiger partial charge in [-0.05, 0) is 31.4 Å². The maximum absolute atomic E-state index is 5.96. The van der Waals surface area contributed by atoms with Gasteiger partial charge in [0.1, 0.15) is 0 Å². The molecule has 88 valence electrons. The molecular formula is C12H14N4S. The van der Waals surface area contributed by atoms with Crippen LogP contribution in [0.1, 0.15) is 30.0 Å². The van der Waals surface area contributed by atoms with E-state index in [2.05, 4.69) is 20.7 Å². The first-order valence-corrected chi connectivity index (χ1v) is 6.55. The van der Waals surface area contributed by atoms with Crippen LogP contribution in [0.15, 0.2) is 17.6 Å². The van der Waals surface area contributed by atoms with E-state index < -0.39 is 0 Å². The second-order valence-corrected chi connectivity index (χ2v) is 5.23. The lowest BCUT2D eigenvalue weighted by molar-refractivity contribution is 1.05. The van der Waals surface area contributed by atoms with Crippen LogP contribution in [0.5, 0.6) is 0 Å². The Morgan fingerprint density at radius 2 is 2.29 bits per heavy atom. The van der Waals surface area contributed by atoms with E-state index in [-0.39, 0.29) is 0 Å². The molecule has 0 amide bonds. The predicted octanol–water partition coefficient (Wildman–Crippen LogP) is 3.05. The number of aromatic nitrogens is 2. The number of nitrogens with zero attached hydrogens (tertiary/aromatic N) is 2. The first-order valence-electron chi connectivity index (χ1n) is 5.67. The highest BCUT2D eigenvalue weighted by molar-refractivity contribution is 7.13. The summed E-state index contributed by atoms with van der Waals surface area (Å²) in [7, 11) is 0. The van der Waals surface area contributed by atoms with Crippen molar-refractivity contribution in [2.45, 2.75) is 25.7 Å². The number of aryl methyl sites for hydroxylation is 1. The van der Waals surface area contributed by atoms with Crippen molar-refractivity contribution in [3.05, 3.63) is 28.9 Å². The number of anilines is 3. The highest BCUT2D eigenvalue weighted by atomic mass is 32.1. The summed E-state index contributed by atoms with van der Waals surface area (Å²) in [5, 5.41) is 6.18. The zero-order chi connectivity index (χ0) is 11.8.